The zero-order valence-corrected chi connectivity index (χ0v) is 11.8. The van der Waals surface area contributed by atoms with Crippen LogP contribution in [0.15, 0.2) is 35.7 Å². The molecule has 0 aromatic carbocycles. The molecule has 2 heterocycles. The quantitative estimate of drug-likeness (QED) is 0.784. The Hall–Kier alpha value is -2.45. The number of aliphatic imine (C=N–C) groups is 1. The van der Waals surface area contributed by atoms with Gasteiger partial charge in [0.15, 0.2) is 0 Å². The van der Waals surface area contributed by atoms with Crippen molar-refractivity contribution in [2.45, 2.75) is 31.6 Å². The van der Waals surface area contributed by atoms with Gasteiger partial charge in [-0.05, 0) is 18.6 Å². The highest BCUT2D eigenvalue weighted by molar-refractivity contribution is 6.01. The number of carbonyl (C=O) groups excluding carboxylic acids is 1. The molecule has 0 spiro atoms. The van der Waals surface area contributed by atoms with Crippen LogP contribution in [0.25, 0.3) is 0 Å². The molecule has 0 fully saturated rings. The second kappa shape index (κ2) is 5.74. The predicted octanol–water partition coefficient (Wildman–Crippen LogP) is 1.22. The number of nitrogens with one attached hydrogen (secondary N) is 2. The number of hydrogen-bond acceptors (Lipinski definition) is 4. The maximum absolute atomic E-state index is 12.4. The van der Waals surface area contributed by atoms with Gasteiger partial charge in [0.05, 0.1) is 23.6 Å². The van der Waals surface area contributed by atoms with Gasteiger partial charge in [-0.3, -0.25) is 14.7 Å². The Kier molecular flexibility index (Phi) is 4.16. The number of hydrogen-bond donors (Lipinski definition) is 3. The third-order valence-electron chi connectivity index (χ3n) is 3.24. The lowest BCUT2D eigenvalue weighted by Crippen LogP contribution is -2.48. The third-order valence-corrected chi connectivity index (χ3v) is 3.24. The molecule has 1 aliphatic rings. The lowest BCUT2D eigenvalue weighted by atomic mass is 10.0. The minimum atomic E-state index is -4.97. The first-order valence-corrected chi connectivity index (χ1v) is 6.58. The van der Waals surface area contributed by atoms with Crippen molar-refractivity contribution in [3.8, 4) is 0 Å². The average molecular weight is 315 g/mol. The number of nitrogens with zero attached hydrogens (tertiary/aromatic N) is 2. The van der Waals surface area contributed by atoms with Crippen molar-refractivity contribution in [1.82, 2.24) is 15.2 Å². The minimum absolute atomic E-state index is 0.158. The molecular formula is C13H16F3N5O. The highest BCUT2D eigenvalue weighted by Crippen LogP contribution is 2.27. The number of alkyl halides is 3. The molecular weight excluding hydrogens is 299 g/mol. The number of rotatable bonds is 3. The van der Waals surface area contributed by atoms with E-state index in [0.29, 0.717) is 12.1 Å². The molecule has 0 saturated carbocycles. The summed E-state index contributed by atoms with van der Waals surface area (Å²) < 4.78 is 38.6. The van der Waals surface area contributed by atoms with E-state index >= 15 is 0 Å². The SMILES string of the molecule is C=C(N)N[C@@H]1c2cccn2C(NC(=O)C(F)(F)F)=N[C@H]1CC. The Morgan fingerprint density at radius 3 is 2.77 bits per heavy atom. The fourth-order valence-electron chi connectivity index (χ4n) is 2.29. The minimum Gasteiger partial charge on any atom is -0.386 e. The lowest BCUT2D eigenvalue weighted by molar-refractivity contribution is -0.171. The van der Waals surface area contributed by atoms with E-state index in [1.807, 2.05) is 6.92 Å². The zero-order valence-electron chi connectivity index (χ0n) is 11.8. The van der Waals surface area contributed by atoms with E-state index in [4.69, 9.17) is 5.73 Å². The summed E-state index contributed by atoms with van der Waals surface area (Å²) in [5.41, 5.74) is 6.20. The van der Waals surface area contributed by atoms with Gasteiger partial charge in [0, 0.05) is 6.20 Å². The summed E-state index contributed by atoms with van der Waals surface area (Å²) in [7, 11) is 0. The van der Waals surface area contributed by atoms with Crippen LogP contribution in [-0.4, -0.2) is 28.7 Å². The molecule has 0 saturated heterocycles. The molecule has 120 valence electrons. The number of amides is 1. The van der Waals surface area contributed by atoms with E-state index in [2.05, 4.69) is 16.9 Å². The van der Waals surface area contributed by atoms with Crippen LogP contribution in [0, 0.1) is 0 Å². The Labute approximate surface area is 124 Å². The summed E-state index contributed by atoms with van der Waals surface area (Å²) >= 11 is 0. The van der Waals surface area contributed by atoms with Crippen molar-refractivity contribution in [1.29, 1.82) is 0 Å². The van der Waals surface area contributed by atoms with Crippen LogP contribution in [0.2, 0.25) is 0 Å². The summed E-state index contributed by atoms with van der Waals surface area (Å²) in [5, 5.41) is 4.76. The van der Waals surface area contributed by atoms with Crippen molar-refractivity contribution >= 4 is 11.9 Å². The van der Waals surface area contributed by atoms with E-state index in [9.17, 15) is 18.0 Å². The van der Waals surface area contributed by atoms with E-state index in [1.165, 1.54) is 10.8 Å². The van der Waals surface area contributed by atoms with Gasteiger partial charge in [0.1, 0.15) is 0 Å². The van der Waals surface area contributed by atoms with E-state index in [0.717, 1.165) is 0 Å². The van der Waals surface area contributed by atoms with Crippen LogP contribution in [0.4, 0.5) is 13.2 Å². The van der Waals surface area contributed by atoms with Crippen LogP contribution >= 0.6 is 0 Å². The van der Waals surface area contributed by atoms with E-state index in [1.54, 1.807) is 17.4 Å². The number of halogens is 3. The van der Waals surface area contributed by atoms with Gasteiger partial charge in [-0.1, -0.05) is 13.5 Å². The monoisotopic (exact) mass is 315 g/mol. The van der Waals surface area contributed by atoms with Crippen molar-refractivity contribution in [2.75, 3.05) is 0 Å². The summed E-state index contributed by atoms with van der Waals surface area (Å²) in [4.78, 5) is 15.3. The first-order valence-electron chi connectivity index (χ1n) is 6.58. The summed E-state index contributed by atoms with van der Waals surface area (Å²) in [5.74, 6) is -1.99. The molecule has 22 heavy (non-hydrogen) atoms. The van der Waals surface area contributed by atoms with Gasteiger partial charge < -0.3 is 11.1 Å². The van der Waals surface area contributed by atoms with Gasteiger partial charge in [-0.2, -0.15) is 13.2 Å². The predicted molar refractivity (Wildman–Crippen MR) is 74.7 cm³/mol. The highest BCUT2D eigenvalue weighted by Gasteiger charge is 2.40. The molecule has 0 radical (unpaired) electrons. The summed E-state index contributed by atoms with van der Waals surface area (Å²) in [6.45, 7) is 5.40. The highest BCUT2D eigenvalue weighted by atomic mass is 19.4. The standard InChI is InChI=1S/C13H16F3N5O/c1-3-8-10(18-7(2)17)9-5-4-6-21(9)12(19-8)20-11(22)13(14,15)16/h4-6,8,10,18H,2-3,17H2,1H3,(H,19,20,22)/t8-,10-/m0/s1. The summed E-state index contributed by atoms with van der Waals surface area (Å²) in [6.07, 6.45) is -2.91. The van der Waals surface area contributed by atoms with Gasteiger partial charge >= 0.3 is 12.1 Å². The zero-order chi connectivity index (χ0) is 16.5. The molecule has 9 heteroatoms. The van der Waals surface area contributed by atoms with Crippen LogP contribution < -0.4 is 16.4 Å². The van der Waals surface area contributed by atoms with Crippen LogP contribution in [0.3, 0.4) is 0 Å². The molecule has 0 unspecified atom stereocenters. The molecule has 2 rings (SSSR count). The molecule has 0 bridgehead atoms. The average Bonchev–Trinajstić information content (AvgIpc) is 2.89. The number of carbonyl (C=O) groups is 1. The van der Waals surface area contributed by atoms with E-state index in [-0.39, 0.29) is 23.9 Å². The van der Waals surface area contributed by atoms with Gasteiger partial charge in [-0.15, -0.1) is 0 Å². The molecule has 1 aliphatic heterocycles. The Morgan fingerprint density at radius 1 is 1.55 bits per heavy atom. The van der Waals surface area contributed by atoms with Crippen molar-refractivity contribution in [3.63, 3.8) is 0 Å². The Bertz CT molecular complexity index is 619. The number of nitrogens with two attached hydrogens (primary N) is 1. The number of fused-ring (bicyclic) bond motifs is 1. The Morgan fingerprint density at radius 2 is 2.23 bits per heavy atom. The second-order valence-electron chi connectivity index (χ2n) is 4.83. The van der Waals surface area contributed by atoms with Crippen LogP contribution in [0.1, 0.15) is 25.1 Å². The molecule has 1 aromatic heterocycles. The normalized spacial score (nSPS) is 20.8. The fraction of sp³-hybridized carbons (Fsp3) is 0.385. The number of aromatic nitrogens is 1. The topological polar surface area (TPSA) is 84.4 Å². The summed E-state index contributed by atoms with van der Waals surface area (Å²) in [6, 6.07) is 2.66. The molecule has 4 N–H and O–H groups in total. The largest absolute Gasteiger partial charge is 0.471 e. The van der Waals surface area contributed by atoms with Crippen molar-refractivity contribution in [3.05, 3.63) is 36.4 Å². The third kappa shape index (κ3) is 3.07. The Balaban J connectivity index is 2.35. The van der Waals surface area contributed by atoms with Crippen LogP contribution in [0.5, 0.6) is 0 Å². The van der Waals surface area contributed by atoms with Crippen molar-refractivity contribution < 1.29 is 18.0 Å². The second-order valence-corrected chi connectivity index (χ2v) is 4.83. The lowest BCUT2D eigenvalue weighted by Gasteiger charge is -2.32. The molecule has 2 atom stereocenters. The fourth-order valence-corrected chi connectivity index (χ4v) is 2.29. The maximum atomic E-state index is 12.4. The molecule has 6 nitrogen and oxygen atoms in total. The van der Waals surface area contributed by atoms with Crippen molar-refractivity contribution in [2.24, 2.45) is 10.7 Å². The molecule has 0 aliphatic carbocycles. The van der Waals surface area contributed by atoms with Gasteiger partial charge in [0.2, 0.25) is 5.96 Å². The first kappa shape index (κ1) is 15.9. The maximum Gasteiger partial charge on any atom is 0.471 e. The molecule has 1 aromatic rings. The van der Waals surface area contributed by atoms with E-state index < -0.39 is 12.1 Å². The van der Waals surface area contributed by atoms with Gasteiger partial charge in [0.25, 0.3) is 0 Å². The first-order chi connectivity index (χ1) is 10.2. The smallest absolute Gasteiger partial charge is 0.386 e. The van der Waals surface area contributed by atoms with Crippen LogP contribution in [-0.2, 0) is 4.79 Å². The van der Waals surface area contributed by atoms with Gasteiger partial charge in [-0.25, -0.2) is 4.99 Å². The molecule has 1 amide bonds.